The largest absolute Gasteiger partial charge is 0.493 e. The Labute approximate surface area is 112 Å². The fourth-order valence-electron chi connectivity index (χ4n) is 1.64. The summed E-state index contributed by atoms with van der Waals surface area (Å²) in [5.41, 5.74) is 2.36. The molecule has 0 fully saturated rings. The smallest absolute Gasteiger partial charge is 0.126 e. The number of nitrogens with one attached hydrogen (secondary N) is 1. The first-order chi connectivity index (χ1) is 8.19. The summed E-state index contributed by atoms with van der Waals surface area (Å²) < 4.78 is 6.92. The standard InChI is InChI=1S/C14H20BrNO/c1-4-6-7-17-14-11(3)8-13(15)9-12(14)10-16-5-2/h4,8-9,16H,1,5-7,10H2,2-3H3. The van der Waals surface area contributed by atoms with E-state index in [1.165, 1.54) is 5.56 Å². The fourth-order valence-corrected chi connectivity index (χ4v) is 2.26. The Hall–Kier alpha value is -0.800. The van der Waals surface area contributed by atoms with Gasteiger partial charge in [-0.1, -0.05) is 28.9 Å². The zero-order valence-electron chi connectivity index (χ0n) is 10.6. The molecule has 0 radical (unpaired) electrons. The van der Waals surface area contributed by atoms with Crippen LogP contribution in [0.3, 0.4) is 0 Å². The SMILES string of the molecule is C=CCCOc1c(C)cc(Br)cc1CNCC. The lowest BCUT2D eigenvalue weighted by Crippen LogP contribution is -2.13. The van der Waals surface area contributed by atoms with Crippen molar-refractivity contribution in [2.24, 2.45) is 0 Å². The Balaban J connectivity index is 2.85. The van der Waals surface area contributed by atoms with Crippen LogP contribution in [0, 0.1) is 6.92 Å². The Morgan fingerprint density at radius 2 is 2.24 bits per heavy atom. The first-order valence-electron chi connectivity index (χ1n) is 5.92. The van der Waals surface area contributed by atoms with Gasteiger partial charge in [0.25, 0.3) is 0 Å². The highest BCUT2D eigenvalue weighted by Crippen LogP contribution is 2.28. The summed E-state index contributed by atoms with van der Waals surface area (Å²) >= 11 is 3.52. The second-order valence-electron chi connectivity index (χ2n) is 3.92. The van der Waals surface area contributed by atoms with Crippen LogP contribution in [0.5, 0.6) is 5.75 Å². The van der Waals surface area contributed by atoms with Crippen molar-refractivity contribution in [3.63, 3.8) is 0 Å². The van der Waals surface area contributed by atoms with Gasteiger partial charge >= 0.3 is 0 Å². The van der Waals surface area contributed by atoms with Crippen molar-refractivity contribution in [3.05, 3.63) is 40.4 Å². The van der Waals surface area contributed by atoms with E-state index < -0.39 is 0 Å². The van der Waals surface area contributed by atoms with E-state index in [1.54, 1.807) is 0 Å². The summed E-state index contributed by atoms with van der Waals surface area (Å²) in [6.07, 6.45) is 2.74. The van der Waals surface area contributed by atoms with Gasteiger partial charge in [-0.25, -0.2) is 0 Å². The van der Waals surface area contributed by atoms with Crippen LogP contribution in [0.1, 0.15) is 24.5 Å². The maximum Gasteiger partial charge on any atom is 0.126 e. The molecule has 0 saturated carbocycles. The molecule has 3 heteroatoms. The van der Waals surface area contributed by atoms with E-state index >= 15 is 0 Å². The molecule has 17 heavy (non-hydrogen) atoms. The van der Waals surface area contributed by atoms with Crippen LogP contribution in [0.4, 0.5) is 0 Å². The molecule has 0 saturated heterocycles. The monoisotopic (exact) mass is 297 g/mol. The van der Waals surface area contributed by atoms with Crippen LogP contribution < -0.4 is 10.1 Å². The molecule has 0 aliphatic rings. The molecule has 0 amide bonds. The molecule has 0 heterocycles. The highest BCUT2D eigenvalue weighted by molar-refractivity contribution is 9.10. The average Bonchev–Trinajstić information content (AvgIpc) is 2.29. The number of rotatable bonds is 7. The molecular formula is C14H20BrNO. The van der Waals surface area contributed by atoms with Crippen LogP contribution in [0.25, 0.3) is 0 Å². The Morgan fingerprint density at radius 3 is 2.88 bits per heavy atom. The molecule has 1 N–H and O–H groups in total. The van der Waals surface area contributed by atoms with E-state index in [0.717, 1.165) is 35.3 Å². The molecule has 0 aliphatic carbocycles. The van der Waals surface area contributed by atoms with Crippen LogP contribution in [-0.4, -0.2) is 13.2 Å². The molecule has 0 unspecified atom stereocenters. The van der Waals surface area contributed by atoms with Gasteiger partial charge in [-0.3, -0.25) is 0 Å². The third-order valence-electron chi connectivity index (χ3n) is 2.45. The van der Waals surface area contributed by atoms with Crippen LogP contribution in [0.2, 0.25) is 0 Å². The number of aryl methyl sites for hydroxylation is 1. The minimum atomic E-state index is 0.686. The van der Waals surface area contributed by atoms with Gasteiger partial charge in [-0.2, -0.15) is 0 Å². The number of halogens is 1. The zero-order chi connectivity index (χ0) is 12.7. The minimum Gasteiger partial charge on any atom is -0.493 e. The van der Waals surface area contributed by atoms with Gasteiger partial charge in [0, 0.05) is 16.6 Å². The van der Waals surface area contributed by atoms with Crippen LogP contribution in [-0.2, 0) is 6.54 Å². The van der Waals surface area contributed by atoms with E-state index in [4.69, 9.17) is 4.74 Å². The second-order valence-corrected chi connectivity index (χ2v) is 4.83. The van der Waals surface area contributed by atoms with Gasteiger partial charge in [0.1, 0.15) is 5.75 Å². The van der Waals surface area contributed by atoms with Crippen LogP contribution >= 0.6 is 15.9 Å². The first kappa shape index (κ1) is 14.3. The molecule has 94 valence electrons. The first-order valence-corrected chi connectivity index (χ1v) is 6.71. The van der Waals surface area contributed by atoms with Crippen molar-refractivity contribution in [3.8, 4) is 5.75 Å². The third-order valence-corrected chi connectivity index (χ3v) is 2.91. The predicted molar refractivity (Wildman–Crippen MR) is 76.6 cm³/mol. The van der Waals surface area contributed by atoms with Gasteiger partial charge < -0.3 is 10.1 Å². The average molecular weight is 298 g/mol. The fraction of sp³-hybridized carbons (Fsp3) is 0.429. The van der Waals surface area contributed by atoms with E-state index in [1.807, 2.05) is 6.08 Å². The van der Waals surface area contributed by atoms with E-state index in [2.05, 4.69) is 53.8 Å². The summed E-state index contributed by atoms with van der Waals surface area (Å²) in [6.45, 7) is 10.3. The lowest BCUT2D eigenvalue weighted by atomic mass is 10.1. The van der Waals surface area contributed by atoms with Crippen molar-refractivity contribution in [1.82, 2.24) is 5.32 Å². The Bertz CT molecular complexity index is 377. The van der Waals surface area contributed by atoms with Gasteiger partial charge in [0.2, 0.25) is 0 Å². The maximum atomic E-state index is 5.83. The molecule has 0 bridgehead atoms. The van der Waals surface area contributed by atoms with E-state index in [-0.39, 0.29) is 0 Å². The topological polar surface area (TPSA) is 21.3 Å². The zero-order valence-corrected chi connectivity index (χ0v) is 12.1. The highest BCUT2D eigenvalue weighted by atomic mass is 79.9. The summed E-state index contributed by atoms with van der Waals surface area (Å²) in [4.78, 5) is 0. The summed E-state index contributed by atoms with van der Waals surface area (Å²) in [5, 5.41) is 3.33. The minimum absolute atomic E-state index is 0.686. The number of hydrogen-bond acceptors (Lipinski definition) is 2. The molecule has 1 aromatic rings. The van der Waals surface area contributed by atoms with Crippen molar-refractivity contribution in [2.75, 3.05) is 13.2 Å². The Morgan fingerprint density at radius 1 is 1.47 bits per heavy atom. The molecule has 1 rings (SSSR count). The number of hydrogen-bond donors (Lipinski definition) is 1. The highest BCUT2D eigenvalue weighted by Gasteiger charge is 2.08. The van der Waals surface area contributed by atoms with Crippen molar-refractivity contribution in [2.45, 2.75) is 26.8 Å². The molecule has 1 aromatic carbocycles. The van der Waals surface area contributed by atoms with E-state index in [0.29, 0.717) is 6.61 Å². The van der Waals surface area contributed by atoms with Gasteiger partial charge in [0.05, 0.1) is 6.61 Å². The van der Waals surface area contributed by atoms with Crippen molar-refractivity contribution >= 4 is 15.9 Å². The normalized spacial score (nSPS) is 10.3. The molecule has 0 aromatic heterocycles. The van der Waals surface area contributed by atoms with Gasteiger partial charge in [-0.15, -0.1) is 6.58 Å². The van der Waals surface area contributed by atoms with Crippen molar-refractivity contribution in [1.29, 1.82) is 0 Å². The maximum absolute atomic E-state index is 5.83. The second kappa shape index (κ2) is 7.51. The van der Waals surface area contributed by atoms with Crippen molar-refractivity contribution < 1.29 is 4.74 Å². The van der Waals surface area contributed by atoms with Gasteiger partial charge in [-0.05, 0) is 37.6 Å². The number of benzene rings is 1. The Kier molecular flexibility index (Phi) is 6.30. The summed E-state index contributed by atoms with van der Waals surface area (Å²) in [6, 6.07) is 4.19. The molecule has 0 aliphatic heterocycles. The molecule has 2 nitrogen and oxygen atoms in total. The summed E-state index contributed by atoms with van der Waals surface area (Å²) in [7, 11) is 0. The molecule has 0 atom stereocenters. The van der Waals surface area contributed by atoms with Crippen LogP contribution in [0.15, 0.2) is 29.3 Å². The summed E-state index contributed by atoms with van der Waals surface area (Å²) in [5.74, 6) is 0.996. The molecule has 0 spiro atoms. The third kappa shape index (κ3) is 4.52. The van der Waals surface area contributed by atoms with Gasteiger partial charge in [0.15, 0.2) is 0 Å². The number of ether oxygens (including phenoxy) is 1. The molecular weight excluding hydrogens is 278 g/mol. The lowest BCUT2D eigenvalue weighted by Gasteiger charge is -2.14. The van der Waals surface area contributed by atoms with E-state index in [9.17, 15) is 0 Å². The lowest BCUT2D eigenvalue weighted by molar-refractivity contribution is 0.318. The predicted octanol–water partition coefficient (Wildman–Crippen LogP) is 3.82. The quantitative estimate of drug-likeness (QED) is 0.610.